The molecule has 100 valence electrons. The molecule has 0 aromatic heterocycles. The fourth-order valence-electron chi connectivity index (χ4n) is 1.51. The van der Waals surface area contributed by atoms with Crippen molar-refractivity contribution in [2.45, 2.75) is 26.1 Å². The lowest BCUT2D eigenvalue weighted by Gasteiger charge is -2.21. The Kier molecular flexibility index (Phi) is 4.58. The van der Waals surface area contributed by atoms with Crippen LogP contribution in [0.5, 0.6) is 0 Å². The van der Waals surface area contributed by atoms with Crippen LogP contribution in [-0.4, -0.2) is 28.9 Å². The first-order valence-corrected chi connectivity index (χ1v) is 5.49. The molecule has 0 spiro atoms. The second kappa shape index (κ2) is 5.75. The van der Waals surface area contributed by atoms with E-state index in [1.165, 1.54) is 0 Å². The number of halogens is 3. The topological polar surface area (TPSA) is 40.5 Å². The zero-order valence-electron chi connectivity index (χ0n) is 9.87. The lowest BCUT2D eigenvalue weighted by molar-refractivity contribution is -0.228. The third kappa shape index (κ3) is 3.94. The highest BCUT2D eigenvalue weighted by atomic mass is 19.4. The monoisotopic (exact) mass is 261 g/mol. The minimum absolute atomic E-state index is 0.0375. The number of rotatable bonds is 4. The van der Waals surface area contributed by atoms with Crippen LogP contribution in [0, 0.1) is 0 Å². The minimum atomic E-state index is -4.85. The van der Waals surface area contributed by atoms with E-state index >= 15 is 0 Å². The molecule has 0 fully saturated rings. The Bertz CT molecular complexity index is 401. The van der Waals surface area contributed by atoms with E-state index in [2.05, 4.69) is 0 Å². The molecule has 0 aliphatic carbocycles. The van der Waals surface area contributed by atoms with Crippen molar-refractivity contribution in [2.75, 3.05) is 6.54 Å². The van der Waals surface area contributed by atoms with E-state index in [-0.39, 0.29) is 6.42 Å². The van der Waals surface area contributed by atoms with Crippen LogP contribution in [0.4, 0.5) is 18.0 Å². The van der Waals surface area contributed by atoms with Gasteiger partial charge in [0.25, 0.3) is 0 Å². The Morgan fingerprint density at radius 2 is 1.72 bits per heavy atom. The lowest BCUT2D eigenvalue weighted by atomic mass is 10.1. The highest BCUT2D eigenvalue weighted by Gasteiger charge is 2.40. The van der Waals surface area contributed by atoms with E-state index < -0.39 is 23.8 Å². The minimum Gasteiger partial charge on any atom is -0.465 e. The number of alkyl halides is 3. The predicted molar refractivity (Wildman–Crippen MR) is 60.3 cm³/mol. The molecule has 1 aromatic carbocycles. The molecular formula is C12H14F3NO2. The molecule has 0 atom stereocenters. The summed E-state index contributed by atoms with van der Waals surface area (Å²) in [6, 6.07) is 7.09. The summed E-state index contributed by atoms with van der Waals surface area (Å²) in [6.07, 6.45) is -5.94. The Hall–Kier alpha value is -1.72. The van der Waals surface area contributed by atoms with Crippen LogP contribution in [0.25, 0.3) is 0 Å². The molecule has 6 heteroatoms. The normalized spacial score (nSPS) is 11.3. The van der Waals surface area contributed by atoms with Gasteiger partial charge in [-0.3, -0.25) is 0 Å². The molecule has 0 unspecified atom stereocenters. The Morgan fingerprint density at radius 1 is 1.22 bits per heavy atom. The van der Waals surface area contributed by atoms with Gasteiger partial charge in [-0.05, 0) is 24.0 Å². The number of hydrogen-bond donors (Lipinski definition) is 1. The quantitative estimate of drug-likeness (QED) is 0.845. The fraction of sp³-hybridized carbons (Fsp3) is 0.417. The maximum atomic E-state index is 12.3. The van der Waals surface area contributed by atoms with Gasteiger partial charge in [0.05, 0.1) is 0 Å². The van der Waals surface area contributed by atoms with Crippen molar-refractivity contribution < 1.29 is 23.1 Å². The van der Waals surface area contributed by atoms with Gasteiger partial charge in [-0.1, -0.05) is 31.2 Å². The van der Waals surface area contributed by atoms with Gasteiger partial charge in [0.2, 0.25) is 0 Å². The molecule has 0 aliphatic rings. The van der Waals surface area contributed by atoms with E-state index in [0.29, 0.717) is 5.56 Å². The molecule has 0 aliphatic heterocycles. The van der Waals surface area contributed by atoms with Crippen LogP contribution in [0.15, 0.2) is 24.3 Å². The molecule has 1 N–H and O–H groups in total. The van der Waals surface area contributed by atoms with Gasteiger partial charge in [-0.25, -0.2) is 9.69 Å². The van der Waals surface area contributed by atoms with Gasteiger partial charge >= 0.3 is 12.4 Å². The standard InChI is InChI=1S/C12H14F3NO2/c1-2-9-3-5-10(6-4-9)7-8-16(11(17)18)12(13,14)15/h3-6H,2,7-8H2,1H3,(H,17,18). The maximum absolute atomic E-state index is 12.3. The summed E-state index contributed by atoms with van der Waals surface area (Å²) in [5.74, 6) is 0. The average molecular weight is 261 g/mol. The first kappa shape index (κ1) is 14.3. The van der Waals surface area contributed by atoms with Gasteiger partial charge in [-0.2, -0.15) is 0 Å². The summed E-state index contributed by atoms with van der Waals surface area (Å²) in [4.78, 5) is 9.96. The highest BCUT2D eigenvalue weighted by Crippen LogP contribution is 2.21. The second-order valence-electron chi connectivity index (χ2n) is 3.82. The molecule has 3 nitrogen and oxygen atoms in total. The number of nitrogens with zero attached hydrogens (tertiary/aromatic N) is 1. The van der Waals surface area contributed by atoms with E-state index in [4.69, 9.17) is 5.11 Å². The van der Waals surface area contributed by atoms with Crippen molar-refractivity contribution in [3.63, 3.8) is 0 Å². The van der Waals surface area contributed by atoms with Crippen molar-refractivity contribution >= 4 is 6.09 Å². The maximum Gasteiger partial charge on any atom is 0.489 e. The molecule has 0 radical (unpaired) electrons. The summed E-state index contributed by atoms with van der Waals surface area (Å²) < 4.78 is 37.0. The smallest absolute Gasteiger partial charge is 0.465 e. The van der Waals surface area contributed by atoms with E-state index in [1.807, 2.05) is 19.1 Å². The fourth-order valence-corrected chi connectivity index (χ4v) is 1.51. The first-order valence-electron chi connectivity index (χ1n) is 5.49. The molecule has 0 saturated heterocycles. The number of amides is 1. The van der Waals surface area contributed by atoms with Crippen molar-refractivity contribution in [1.29, 1.82) is 0 Å². The second-order valence-corrected chi connectivity index (χ2v) is 3.82. The first-order chi connectivity index (χ1) is 8.34. The Morgan fingerprint density at radius 3 is 2.11 bits per heavy atom. The lowest BCUT2D eigenvalue weighted by Crippen LogP contribution is -2.43. The van der Waals surface area contributed by atoms with Gasteiger partial charge in [0.15, 0.2) is 0 Å². The summed E-state index contributed by atoms with van der Waals surface area (Å²) in [7, 11) is 0. The van der Waals surface area contributed by atoms with Crippen LogP contribution >= 0.6 is 0 Å². The summed E-state index contributed by atoms with van der Waals surface area (Å²) in [5, 5.41) is 8.47. The third-order valence-corrected chi connectivity index (χ3v) is 2.59. The van der Waals surface area contributed by atoms with Crippen molar-refractivity contribution in [3.05, 3.63) is 35.4 Å². The van der Waals surface area contributed by atoms with Crippen LogP contribution in [-0.2, 0) is 12.8 Å². The zero-order valence-corrected chi connectivity index (χ0v) is 9.87. The third-order valence-electron chi connectivity index (χ3n) is 2.59. The number of hydrogen-bond acceptors (Lipinski definition) is 1. The zero-order chi connectivity index (χ0) is 13.8. The van der Waals surface area contributed by atoms with E-state index in [9.17, 15) is 18.0 Å². The van der Waals surface area contributed by atoms with E-state index in [1.54, 1.807) is 12.1 Å². The summed E-state index contributed by atoms with van der Waals surface area (Å²) in [6.45, 7) is 1.38. The van der Waals surface area contributed by atoms with Crippen LogP contribution in [0.1, 0.15) is 18.1 Å². The summed E-state index contributed by atoms with van der Waals surface area (Å²) in [5.41, 5.74) is 1.77. The van der Waals surface area contributed by atoms with E-state index in [0.717, 1.165) is 12.0 Å². The van der Waals surface area contributed by atoms with Crippen LogP contribution < -0.4 is 0 Å². The number of carbonyl (C=O) groups is 1. The summed E-state index contributed by atoms with van der Waals surface area (Å²) >= 11 is 0. The number of aryl methyl sites for hydroxylation is 1. The van der Waals surface area contributed by atoms with Crippen LogP contribution in [0.3, 0.4) is 0 Å². The molecule has 1 amide bonds. The predicted octanol–water partition coefficient (Wildman–Crippen LogP) is 3.29. The molecular weight excluding hydrogens is 247 g/mol. The molecule has 0 saturated carbocycles. The van der Waals surface area contributed by atoms with Gasteiger partial charge in [0.1, 0.15) is 0 Å². The van der Waals surface area contributed by atoms with Gasteiger partial charge in [-0.15, -0.1) is 13.2 Å². The van der Waals surface area contributed by atoms with Gasteiger partial charge in [0, 0.05) is 6.54 Å². The van der Waals surface area contributed by atoms with Gasteiger partial charge < -0.3 is 5.11 Å². The largest absolute Gasteiger partial charge is 0.489 e. The molecule has 18 heavy (non-hydrogen) atoms. The molecule has 0 heterocycles. The SMILES string of the molecule is CCc1ccc(CCN(C(=O)O)C(F)(F)F)cc1. The van der Waals surface area contributed by atoms with Crippen molar-refractivity contribution in [3.8, 4) is 0 Å². The number of benzene rings is 1. The highest BCUT2D eigenvalue weighted by molar-refractivity contribution is 5.65. The van der Waals surface area contributed by atoms with Crippen molar-refractivity contribution in [2.24, 2.45) is 0 Å². The molecule has 1 rings (SSSR count). The Labute approximate surface area is 103 Å². The Balaban J connectivity index is 2.64. The number of carboxylic acid groups (broad SMARTS) is 1. The molecule has 1 aromatic rings. The molecule has 0 bridgehead atoms. The average Bonchev–Trinajstić information content (AvgIpc) is 2.28. The van der Waals surface area contributed by atoms with Crippen LogP contribution in [0.2, 0.25) is 0 Å². The van der Waals surface area contributed by atoms with Crippen molar-refractivity contribution in [1.82, 2.24) is 4.90 Å².